The Balaban J connectivity index is 3.02. The van der Waals surface area contributed by atoms with Gasteiger partial charge in [-0.15, -0.1) is 0 Å². The first-order chi connectivity index (χ1) is 8.11. The topological polar surface area (TPSA) is 94.7 Å². The third-order valence-corrected chi connectivity index (χ3v) is 2.08. The van der Waals surface area contributed by atoms with Crippen LogP contribution in [0.3, 0.4) is 0 Å². The molecule has 0 aromatic carbocycles. The number of hydrogen-bond acceptors (Lipinski definition) is 6. The lowest BCUT2D eigenvalue weighted by atomic mass is 10.1. The molecule has 1 heterocycles. The average Bonchev–Trinajstić information content (AvgIpc) is 2.29. The third-order valence-electron chi connectivity index (χ3n) is 2.08. The van der Waals surface area contributed by atoms with Crippen LogP contribution in [-0.2, 0) is 9.47 Å². The van der Waals surface area contributed by atoms with E-state index in [0.717, 1.165) is 0 Å². The maximum atomic E-state index is 11.5. The number of hydrogen-bond donors (Lipinski definition) is 2. The van der Waals surface area contributed by atoms with E-state index in [-0.39, 0.29) is 18.0 Å². The van der Waals surface area contributed by atoms with Crippen LogP contribution in [-0.4, -0.2) is 29.3 Å². The first-order valence-corrected chi connectivity index (χ1v) is 5.32. The van der Waals surface area contributed by atoms with Gasteiger partial charge in [0, 0.05) is 18.4 Å². The van der Waals surface area contributed by atoms with Crippen LogP contribution < -0.4 is 5.73 Å². The molecule has 1 aromatic heterocycles. The molecule has 0 radical (unpaired) electrons. The van der Waals surface area contributed by atoms with Crippen molar-refractivity contribution in [2.45, 2.75) is 20.1 Å². The molecule has 0 bridgehead atoms. The molecule has 0 aliphatic carbocycles. The van der Waals surface area contributed by atoms with Gasteiger partial charge in [-0.05, 0) is 19.9 Å². The molecule has 0 aliphatic rings. The van der Waals surface area contributed by atoms with Crippen LogP contribution in [0.25, 0.3) is 0 Å². The highest BCUT2D eigenvalue weighted by Crippen LogP contribution is 2.23. The summed E-state index contributed by atoms with van der Waals surface area (Å²) < 4.78 is 9.80. The van der Waals surface area contributed by atoms with Crippen LogP contribution in [0.15, 0.2) is 12.3 Å². The summed E-state index contributed by atoms with van der Waals surface area (Å²) >= 11 is 0. The van der Waals surface area contributed by atoms with Gasteiger partial charge in [0.2, 0.25) is 0 Å². The number of anilines is 1. The fraction of sp³-hybridized carbons (Fsp3) is 0.455. The number of aliphatic hydroxyl groups excluding tert-OH is 1. The summed E-state index contributed by atoms with van der Waals surface area (Å²) in [6.45, 7) is 4.00. The van der Waals surface area contributed by atoms with Crippen molar-refractivity contribution in [1.29, 1.82) is 0 Å². The van der Waals surface area contributed by atoms with Crippen LogP contribution in [0.2, 0.25) is 0 Å². The van der Waals surface area contributed by atoms with Gasteiger partial charge in [-0.1, -0.05) is 0 Å². The zero-order valence-corrected chi connectivity index (χ0v) is 9.84. The molecule has 6 heteroatoms. The van der Waals surface area contributed by atoms with Crippen molar-refractivity contribution in [3.63, 3.8) is 0 Å². The van der Waals surface area contributed by atoms with E-state index in [0.29, 0.717) is 12.2 Å². The minimum Gasteiger partial charge on any atom is -0.461 e. The lowest BCUT2D eigenvalue weighted by Gasteiger charge is -2.14. The molecule has 3 N–H and O–H groups in total. The first kappa shape index (κ1) is 13.4. The zero-order chi connectivity index (χ0) is 12.8. The summed E-state index contributed by atoms with van der Waals surface area (Å²) in [7, 11) is 0. The van der Waals surface area contributed by atoms with Crippen molar-refractivity contribution in [3.8, 4) is 0 Å². The predicted octanol–water partition coefficient (Wildman–Crippen LogP) is 0.868. The summed E-state index contributed by atoms with van der Waals surface area (Å²) in [5.41, 5.74) is 6.12. The molecule has 0 fully saturated rings. The minimum absolute atomic E-state index is 0.0110. The standard InChI is InChI=1S/C11H16N2O4/c1-3-16-10(14)7-5-6-13-9(8(7)12)11(15)17-4-2/h5-6,10,14H,3-4,12H2,1-2H3. The molecule has 0 aliphatic heterocycles. The predicted molar refractivity (Wildman–Crippen MR) is 61.2 cm³/mol. The molecular weight excluding hydrogens is 224 g/mol. The van der Waals surface area contributed by atoms with Gasteiger partial charge in [0.05, 0.1) is 12.3 Å². The smallest absolute Gasteiger partial charge is 0.359 e. The molecule has 94 valence electrons. The van der Waals surface area contributed by atoms with Crippen LogP contribution in [0.4, 0.5) is 5.69 Å². The summed E-state index contributed by atoms with van der Waals surface area (Å²) in [5.74, 6) is -0.615. The second-order valence-electron chi connectivity index (χ2n) is 3.19. The quantitative estimate of drug-likeness (QED) is 0.585. The highest BCUT2D eigenvalue weighted by atomic mass is 16.6. The Morgan fingerprint density at radius 3 is 2.82 bits per heavy atom. The van der Waals surface area contributed by atoms with Gasteiger partial charge in [-0.3, -0.25) is 0 Å². The molecule has 0 saturated carbocycles. The second kappa shape index (κ2) is 6.17. The Morgan fingerprint density at radius 1 is 1.53 bits per heavy atom. The van der Waals surface area contributed by atoms with Gasteiger partial charge in [-0.25, -0.2) is 9.78 Å². The number of nitrogens with zero attached hydrogens (tertiary/aromatic N) is 1. The van der Waals surface area contributed by atoms with Crippen molar-refractivity contribution in [3.05, 3.63) is 23.5 Å². The maximum absolute atomic E-state index is 11.5. The fourth-order valence-corrected chi connectivity index (χ4v) is 1.31. The summed E-state index contributed by atoms with van der Waals surface area (Å²) in [5, 5.41) is 9.66. The largest absolute Gasteiger partial charge is 0.461 e. The maximum Gasteiger partial charge on any atom is 0.359 e. The van der Waals surface area contributed by atoms with E-state index >= 15 is 0 Å². The monoisotopic (exact) mass is 240 g/mol. The van der Waals surface area contributed by atoms with Crippen molar-refractivity contribution in [2.24, 2.45) is 0 Å². The second-order valence-corrected chi connectivity index (χ2v) is 3.19. The number of carbonyl (C=O) groups excluding carboxylic acids is 1. The molecule has 1 aromatic rings. The fourth-order valence-electron chi connectivity index (χ4n) is 1.31. The lowest BCUT2D eigenvalue weighted by Crippen LogP contribution is -2.14. The number of carbonyl (C=O) groups is 1. The van der Waals surface area contributed by atoms with Gasteiger partial charge >= 0.3 is 5.97 Å². The van der Waals surface area contributed by atoms with E-state index < -0.39 is 12.3 Å². The van der Waals surface area contributed by atoms with Gasteiger partial charge in [0.25, 0.3) is 0 Å². The SMILES string of the molecule is CCOC(=O)c1nccc(C(O)OCC)c1N. The van der Waals surface area contributed by atoms with E-state index in [1.807, 2.05) is 0 Å². The number of nitrogens with two attached hydrogens (primary N) is 1. The van der Waals surface area contributed by atoms with Crippen LogP contribution >= 0.6 is 0 Å². The molecule has 6 nitrogen and oxygen atoms in total. The highest BCUT2D eigenvalue weighted by molar-refractivity contribution is 5.93. The Hall–Kier alpha value is -1.66. The first-order valence-electron chi connectivity index (χ1n) is 5.32. The summed E-state index contributed by atoms with van der Waals surface area (Å²) in [6.07, 6.45) is 0.205. The molecule has 1 atom stereocenters. The van der Waals surface area contributed by atoms with E-state index in [9.17, 15) is 9.90 Å². The van der Waals surface area contributed by atoms with E-state index in [1.165, 1.54) is 12.3 Å². The Kier molecular flexibility index (Phi) is 4.86. The van der Waals surface area contributed by atoms with Crippen molar-refractivity contribution in [1.82, 2.24) is 4.98 Å². The highest BCUT2D eigenvalue weighted by Gasteiger charge is 2.19. The Morgan fingerprint density at radius 2 is 2.24 bits per heavy atom. The van der Waals surface area contributed by atoms with Crippen molar-refractivity contribution < 1.29 is 19.4 Å². The molecule has 0 amide bonds. The van der Waals surface area contributed by atoms with E-state index in [4.69, 9.17) is 15.2 Å². The zero-order valence-electron chi connectivity index (χ0n) is 9.84. The van der Waals surface area contributed by atoms with Gasteiger partial charge in [-0.2, -0.15) is 0 Å². The average molecular weight is 240 g/mol. The third kappa shape index (κ3) is 3.15. The van der Waals surface area contributed by atoms with E-state index in [1.54, 1.807) is 13.8 Å². The lowest BCUT2D eigenvalue weighted by molar-refractivity contribution is -0.0975. The number of aromatic nitrogens is 1. The van der Waals surface area contributed by atoms with Crippen LogP contribution in [0.1, 0.15) is 36.2 Å². The number of aliphatic hydroxyl groups is 1. The number of pyridine rings is 1. The molecular formula is C11H16N2O4. The van der Waals surface area contributed by atoms with Gasteiger partial charge in [0.15, 0.2) is 12.0 Å². The van der Waals surface area contributed by atoms with Crippen LogP contribution in [0.5, 0.6) is 0 Å². The Labute approximate surface area is 99.4 Å². The summed E-state index contributed by atoms with van der Waals surface area (Å²) in [4.78, 5) is 15.3. The molecule has 0 spiro atoms. The molecule has 0 saturated heterocycles. The number of esters is 1. The van der Waals surface area contributed by atoms with Crippen molar-refractivity contribution in [2.75, 3.05) is 18.9 Å². The Bertz CT molecular complexity index is 395. The van der Waals surface area contributed by atoms with E-state index in [2.05, 4.69) is 4.98 Å². The van der Waals surface area contributed by atoms with Gasteiger partial charge < -0.3 is 20.3 Å². The number of ether oxygens (including phenoxy) is 2. The number of rotatable bonds is 5. The molecule has 1 unspecified atom stereocenters. The molecule has 17 heavy (non-hydrogen) atoms. The molecule has 1 rings (SSSR count). The minimum atomic E-state index is -1.17. The van der Waals surface area contributed by atoms with Crippen molar-refractivity contribution >= 4 is 11.7 Å². The van der Waals surface area contributed by atoms with Gasteiger partial charge in [0.1, 0.15) is 0 Å². The van der Waals surface area contributed by atoms with Crippen LogP contribution in [0, 0.1) is 0 Å². The number of nitrogen functional groups attached to an aromatic ring is 1. The normalized spacial score (nSPS) is 12.2. The summed E-state index contributed by atoms with van der Waals surface area (Å²) in [6, 6.07) is 1.50.